The van der Waals surface area contributed by atoms with E-state index in [1.54, 1.807) is 0 Å². The number of amides is 1. The highest BCUT2D eigenvalue weighted by Crippen LogP contribution is 2.31. The van der Waals surface area contributed by atoms with E-state index in [0.29, 0.717) is 12.6 Å². The van der Waals surface area contributed by atoms with Crippen LogP contribution in [0.5, 0.6) is 5.75 Å². The Morgan fingerprint density at radius 3 is 2.70 bits per heavy atom. The quantitative estimate of drug-likeness (QED) is 0.474. The lowest BCUT2D eigenvalue weighted by Gasteiger charge is -2.33. The van der Waals surface area contributed by atoms with Crippen molar-refractivity contribution in [3.05, 3.63) is 24.3 Å². The van der Waals surface area contributed by atoms with E-state index in [9.17, 15) is 4.79 Å². The number of nitrogens with one attached hydrogen (secondary N) is 2. The summed E-state index contributed by atoms with van der Waals surface area (Å²) in [4.78, 5) is 18.4. The minimum absolute atomic E-state index is 0.0152. The Labute approximate surface area is 162 Å². The molecule has 1 aromatic carbocycles. The van der Waals surface area contributed by atoms with Gasteiger partial charge in [0.2, 0.25) is 0 Å². The third-order valence-corrected chi connectivity index (χ3v) is 5.40. The molecule has 148 valence electrons. The standard InChI is InChI=1S/C21H32N4O2/c1-15-11-16(2)13-17(12-15)24-21(22-3)23-9-6-10-25-18-7-4-5-8-19(18)27-14-20(25)26/h4-5,7-8,15-17H,6,9-14H2,1-3H3,(H2,22,23,24). The maximum absolute atomic E-state index is 12.2. The molecule has 1 fully saturated rings. The summed E-state index contributed by atoms with van der Waals surface area (Å²) in [7, 11) is 1.81. The second kappa shape index (κ2) is 9.11. The number of carbonyl (C=O) groups is 1. The number of nitrogens with zero attached hydrogens (tertiary/aromatic N) is 2. The number of anilines is 1. The van der Waals surface area contributed by atoms with Crippen LogP contribution < -0.4 is 20.3 Å². The van der Waals surface area contributed by atoms with Crippen LogP contribution >= 0.6 is 0 Å². The molecule has 2 unspecified atom stereocenters. The van der Waals surface area contributed by atoms with Crippen LogP contribution in [0.25, 0.3) is 0 Å². The second-order valence-electron chi connectivity index (χ2n) is 7.91. The third kappa shape index (κ3) is 5.15. The van der Waals surface area contributed by atoms with Crippen LogP contribution in [0, 0.1) is 11.8 Å². The molecule has 1 saturated carbocycles. The van der Waals surface area contributed by atoms with E-state index in [0.717, 1.165) is 42.2 Å². The predicted octanol–water partition coefficient (Wildman–Crippen LogP) is 2.79. The molecule has 0 aromatic heterocycles. The molecule has 0 spiro atoms. The lowest BCUT2D eigenvalue weighted by molar-refractivity contribution is -0.121. The highest BCUT2D eigenvalue weighted by atomic mass is 16.5. The number of carbonyl (C=O) groups excluding carboxylic acids is 1. The van der Waals surface area contributed by atoms with Gasteiger partial charge in [-0.1, -0.05) is 26.0 Å². The molecule has 1 amide bonds. The fraction of sp³-hybridized carbons (Fsp3) is 0.619. The normalized spacial score (nSPS) is 25.6. The molecule has 6 heteroatoms. The summed E-state index contributed by atoms with van der Waals surface area (Å²) in [5.41, 5.74) is 0.862. The van der Waals surface area contributed by atoms with Crippen molar-refractivity contribution in [2.75, 3.05) is 31.6 Å². The van der Waals surface area contributed by atoms with E-state index in [4.69, 9.17) is 4.74 Å². The van der Waals surface area contributed by atoms with Gasteiger partial charge in [-0.3, -0.25) is 9.79 Å². The van der Waals surface area contributed by atoms with Gasteiger partial charge in [-0.2, -0.15) is 0 Å². The van der Waals surface area contributed by atoms with Gasteiger partial charge in [0.15, 0.2) is 12.6 Å². The minimum atomic E-state index is 0.0152. The van der Waals surface area contributed by atoms with Crippen molar-refractivity contribution in [3.8, 4) is 5.75 Å². The monoisotopic (exact) mass is 372 g/mol. The molecule has 6 nitrogen and oxygen atoms in total. The Morgan fingerprint density at radius 1 is 1.22 bits per heavy atom. The zero-order chi connectivity index (χ0) is 19.2. The van der Waals surface area contributed by atoms with Gasteiger partial charge in [0.1, 0.15) is 5.75 Å². The maximum atomic E-state index is 12.2. The summed E-state index contributed by atoms with van der Waals surface area (Å²) in [5.74, 6) is 3.17. The van der Waals surface area contributed by atoms with Crippen LogP contribution in [-0.4, -0.2) is 44.7 Å². The molecule has 1 aromatic rings. The van der Waals surface area contributed by atoms with Crippen molar-refractivity contribution in [1.82, 2.24) is 10.6 Å². The molecule has 0 radical (unpaired) electrons. The summed E-state index contributed by atoms with van der Waals surface area (Å²) in [5, 5.41) is 6.96. The SMILES string of the molecule is CN=C(NCCCN1C(=O)COc2ccccc21)NC1CC(C)CC(C)C1. The van der Waals surface area contributed by atoms with E-state index in [1.165, 1.54) is 19.3 Å². The number of ether oxygens (including phenoxy) is 1. The molecule has 2 aliphatic rings. The number of fused-ring (bicyclic) bond motifs is 1. The molecular formula is C21H32N4O2. The summed E-state index contributed by atoms with van der Waals surface area (Å²) in [6.07, 6.45) is 4.56. The topological polar surface area (TPSA) is 66.0 Å². The number of aliphatic imine (C=N–C) groups is 1. The molecule has 2 atom stereocenters. The van der Waals surface area contributed by atoms with Crippen LogP contribution in [0.1, 0.15) is 39.5 Å². The average Bonchev–Trinajstić information content (AvgIpc) is 2.64. The van der Waals surface area contributed by atoms with Gasteiger partial charge >= 0.3 is 0 Å². The summed E-state index contributed by atoms with van der Waals surface area (Å²) in [6, 6.07) is 8.19. The van der Waals surface area contributed by atoms with Gasteiger partial charge < -0.3 is 20.3 Å². The predicted molar refractivity (Wildman–Crippen MR) is 109 cm³/mol. The van der Waals surface area contributed by atoms with Crippen LogP contribution in [0.15, 0.2) is 29.3 Å². The molecule has 1 aliphatic carbocycles. The van der Waals surface area contributed by atoms with E-state index >= 15 is 0 Å². The van der Waals surface area contributed by atoms with Crippen molar-refractivity contribution in [2.24, 2.45) is 16.8 Å². The molecular weight excluding hydrogens is 340 g/mol. The van der Waals surface area contributed by atoms with Crippen LogP contribution in [0.3, 0.4) is 0 Å². The first-order valence-electron chi connectivity index (χ1n) is 10.1. The van der Waals surface area contributed by atoms with E-state index < -0.39 is 0 Å². The molecule has 27 heavy (non-hydrogen) atoms. The largest absolute Gasteiger partial charge is 0.482 e. The Balaban J connectivity index is 1.46. The van der Waals surface area contributed by atoms with Gasteiger partial charge in [-0.25, -0.2) is 0 Å². The Bertz CT molecular complexity index is 666. The number of para-hydroxylation sites is 2. The number of benzene rings is 1. The van der Waals surface area contributed by atoms with Gasteiger partial charge in [-0.05, 0) is 49.7 Å². The van der Waals surface area contributed by atoms with Gasteiger partial charge in [0, 0.05) is 26.2 Å². The summed E-state index contributed by atoms with van der Waals surface area (Å²) < 4.78 is 5.49. The Kier molecular flexibility index (Phi) is 6.58. The molecule has 3 rings (SSSR count). The van der Waals surface area contributed by atoms with Crippen LogP contribution in [0.2, 0.25) is 0 Å². The smallest absolute Gasteiger partial charge is 0.265 e. The average molecular weight is 373 g/mol. The number of rotatable bonds is 5. The maximum Gasteiger partial charge on any atom is 0.265 e. The fourth-order valence-corrected chi connectivity index (χ4v) is 4.30. The van der Waals surface area contributed by atoms with Crippen molar-refractivity contribution < 1.29 is 9.53 Å². The minimum Gasteiger partial charge on any atom is -0.482 e. The molecule has 1 aliphatic heterocycles. The second-order valence-corrected chi connectivity index (χ2v) is 7.91. The zero-order valence-electron chi connectivity index (χ0n) is 16.7. The Morgan fingerprint density at radius 2 is 1.96 bits per heavy atom. The summed E-state index contributed by atoms with van der Waals surface area (Å²) in [6.45, 7) is 6.21. The van der Waals surface area contributed by atoms with Crippen LogP contribution in [-0.2, 0) is 4.79 Å². The van der Waals surface area contributed by atoms with Crippen molar-refractivity contribution >= 4 is 17.6 Å². The van der Waals surface area contributed by atoms with E-state index in [2.05, 4.69) is 29.5 Å². The number of guanidine groups is 1. The molecule has 0 saturated heterocycles. The van der Waals surface area contributed by atoms with Crippen molar-refractivity contribution in [2.45, 2.75) is 45.6 Å². The summed E-state index contributed by atoms with van der Waals surface area (Å²) >= 11 is 0. The van der Waals surface area contributed by atoms with Crippen molar-refractivity contribution in [1.29, 1.82) is 0 Å². The lowest BCUT2D eigenvalue weighted by Crippen LogP contribution is -2.47. The first-order chi connectivity index (χ1) is 13.1. The fourth-order valence-electron chi connectivity index (χ4n) is 4.30. The lowest BCUT2D eigenvalue weighted by atomic mass is 9.80. The van der Waals surface area contributed by atoms with Crippen molar-refractivity contribution in [3.63, 3.8) is 0 Å². The van der Waals surface area contributed by atoms with Gasteiger partial charge in [0.25, 0.3) is 5.91 Å². The first kappa shape index (κ1) is 19.5. The third-order valence-electron chi connectivity index (χ3n) is 5.40. The number of hydrogen-bond donors (Lipinski definition) is 2. The highest BCUT2D eigenvalue weighted by Gasteiger charge is 2.25. The van der Waals surface area contributed by atoms with Gasteiger partial charge in [0.05, 0.1) is 5.69 Å². The van der Waals surface area contributed by atoms with Crippen LogP contribution in [0.4, 0.5) is 5.69 Å². The van der Waals surface area contributed by atoms with E-state index in [-0.39, 0.29) is 12.5 Å². The zero-order valence-corrected chi connectivity index (χ0v) is 16.7. The molecule has 2 N–H and O–H groups in total. The number of hydrogen-bond acceptors (Lipinski definition) is 3. The van der Waals surface area contributed by atoms with Gasteiger partial charge in [-0.15, -0.1) is 0 Å². The molecule has 1 heterocycles. The molecule has 0 bridgehead atoms. The Hall–Kier alpha value is -2.24. The first-order valence-corrected chi connectivity index (χ1v) is 10.1. The highest BCUT2D eigenvalue weighted by molar-refractivity contribution is 5.97. The van der Waals surface area contributed by atoms with E-state index in [1.807, 2.05) is 36.2 Å².